The first-order chi connectivity index (χ1) is 10.2. The highest BCUT2D eigenvalue weighted by molar-refractivity contribution is 6.20. The summed E-state index contributed by atoms with van der Waals surface area (Å²) in [6.07, 6.45) is 1.76. The number of nitrogens with zero attached hydrogens (tertiary/aromatic N) is 4. The minimum absolute atomic E-state index is 0.243. The lowest BCUT2D eigenvalue weighted by Crippen LogP contribution is -2.06. The van der Waals surface area contributed by atoms with Crippen LogP contribution in [0.4, 0.5) is 0 Å². The molecule has 0 saturated carbocycles. The van der Waals surface area contributed by atoms with Gasteiger partial charge >= 0.3 is 0 Å². The first-order valence-electron chi connectivity index (χ1n) is 6.64. The van der Waals surface area contributed by atoms with E-state index in [0.29, 0.717) is 17.6 Å². The number of para-hydroxylation sites is 1. The Bertz CT molecular complexity index is 815. The summed E-state index contributed by atoms with van der Waals surface area (Å²) in [5.41, 5.74) is 3.09. The molecule has 0 spiro atoms. The van der Waals surface area contributed by atoms with E-state index in [2.05, 4.69) is 16.0 Å². The molecule has 0 bridgehead atoms. The van der Waals surface area contributed by atoms with E-state index in [1.54, 1.807) is 12.3 Å². The molecule has 4 nitrogen and oxygen atoms in total. The highest BCUT2D eigenvalue weighted by Crippen LogP contribution is 2.27. The number of pyridine rings is 1. The molecule has 0 aliphatic rings. The Kier molecular flexibility index (Phi) is 3.59. The van der Waals surface area contributed by atoms with E-state index in [9.17, 15) is 5.26 Å². The molecule has 1 unspecified atom stereocenters. The number of hydrogen-bond acceptors (Lipinski definition) is 3. The maximum atomic E-state index is 9.22. The van der Waals surface area contributed by atoms with Crippen molar-refractivity contribution in [2.75, 3.05) is 0 Å². The molecule has 3 rings (SSSR count). The highest BCUT2D eigenvalue weighted by atomic mass is 35.5. The molecule has 2 heterocycles. The van der Waals surface area contributed by atoms with E-state index in [1.165, 1.54) is 0 Å². The predicted molar refractivity (Wildman–Crippen MR) is 82.1 cm³/mol. The molecule has 0 fully saturated rings. The van der Waals surface area contributed by atoms with Crippen LogP contribution in [0.1, 0.15) is 29.4 Å². The summed E-state index contributed by atoms with van der Waals surface area (Å²) in [5.74, 6) is 0.750. The lowest BCUT2D eigenvalue weighted by molar-refractivity contribution is 0.727. The van der Waals surface area contributed by atoms with Crippen LogP contribution in [0.3, 0.4) is 0 Å². The van der Waals surface area contributed by atoms with Gasteiger partial charge in [-0.3, -0.25) is 4.98 Å². The SMILES string of the molecule is CC(Cl)c1nc2c(C#N)cccc2n1Cc1ccccn1. The van der Waals surface area contributed by atoms with Gasteiger partial charge in [0.2, 0.25) is 0 Å². The van der Waals surface area contributed by atoms with Crippen LogP contribution in [0.2, 0.25) is 0 Å². The molecular formula is C16H13ClN4. The first-order valence-corrected chi connectivity index (χ1v) is 7.07. The van der Waals surface area contributed by atoms with Crippen molar-refractivity contribution in [3.8, 4) is 6.07 Å². The fourth-order valence-electron chi connectivity index (χ4n) is 2.38. The summed E-state index contributed by atoms with van der Waals surface area (Å²) in [5, 5.41) is 8.98. The summed E-state index contributed by atoms with van der Waals surface area (Å²) in [6.45, 7) is 2.46. The van der Waals surface area contributed by atoms with Crippen molar-refractivity contribution >= 4 is 22.6 Å². The number of hydrogen-bond donors (Lipinski definition) is 0. The second-order valence-corrected chi connectivity index (χ2v) is 5.43. The third kappa shape index (κ3) is 2.48. The summed E-state index contributed by atoms with van der Waals surface area (Å²) >= 11 is 6.25. The fourth-order valence-corrected chi connectivity index (χ4v) is 2.55. The van der Waals surface area contributed by atoms with Gasteiger partial charge in [-0.25, -0.2) is 4.98 Å². The Morgan fingerprint density at radius 3 is 2.81 bits per heavy atom. The molecular weight excluding hydrogens is 284 g/mol. The number of aromatic nitrogens is 3. The normalized spacial score (nSPS) is 12.2. The van der Waals surface area contributed by atoms with Crippen LogP contribution in [0.15, 0.2) is 42.6 Å². The molecule has 1 atom stereocenters. The minimum Gasteiger partial charge on any atom is -0.321 e. The quantitative estimate of drug-likeness (QED) is 0.693. The molecule has 3 aromatic rings. The van der Waals surface area contributed by atoms with Gasteiger partial charge in [0.15, 0.2) is 0 Å². The lowest BCUT2D eigenvalue weighted by Gasteiger charge is -2.10. The van der Waals surface area contributed by atoms with E-state index in [1.807, 2.05) is 41.8 Å². The third-order valence-electron chi connectivity index (χ3n) is 3.33. The van der Waals surface area contributed by atoms with Gasteiger partial charge < -0.3 is 4.57 Å². The molecule has 0 saturated heterocycles. The number of halogens is 1. The molecule has 0 N–H and O–H groups in total. The Morgan fingerprint density at radius 1 is 1.29 bits per heavy atom. The molecule has 104 valence electrons. The maximum Gasteiger partial charge on any atom is 0.128 e. The molecule has 1 aromatic carbocycles. The van der Waals surface area contributed by atoms with E-state index >= 15 is 0 Å². The number of imidazole rings is 1. The van der Waals surface area contributed by atoms with Crippen molar-refractivity contribution in [1.82, 2.24) is 14.5 Å². The van der Waals surface area contributed by atoms with Crippen LogP contribution >= 0.6 is 11.6 Å². The second-order valence-electron chi connectivity index (χ2n) is 4.78. The fraction of sp³-hybridized carbons (Fsp3) is 0.188. The monoisotopic (exact) mass is 296 g/mol. The van der Waals surface area contributed by atoms with Gasteiger partial charge in [0.05, 0.1) is 28.7 Å². The average molecular weight is 297 g/mol. The van der Waals surface area contributed by atoms with Crippen molar-refractivity contribution in [2.45, 2.75) is 18.8 Å². The first kappa shape index (κ1) is 13.6. The zero-order valence-electron chi connectivity index (χ0n) is 11.5. The van der Waals surface area contributed by atoms with Gasteiger partial charge in [-0.2, -0.15) is 5.26 Å². The Balaban J connectivity index is 2.20. The summed E-state index contributed by atoms with van der Waals surface area (Å²) < 4.78 is 2.02. The smallest absolute Gasteiger partial charge is 0.128 e. The zero-order chi connectivity index (χ0) is 14.8. The highest BCUT2D eigenvalue weighted by Gasteiger charge is 2.17. The van der Waals surface area contributed by atoms with Crippen molar-refractivity contribution in [3.05, 3.63) is 59.7 Å². The predicted octanol–water partition coefficient (Wildman–Crippen LogP) is 3.65. The summed E-state index contributed by atoms with van der Waals surface area (Å²) in [7, 11) is 0. The van der Waals surface area contributed by atoms with Crippen LogP contribution in [0, 0.1) is 11.3 Å². The van der Waals surface area contributed by atoms with Gasteiger partial charge in [-0.1, -0.05) is 12.1 Å². The second kappa shape index (κ2) is 5.55. The van der Waals surface area contributed by atoms with E-state index < -0.39 is 0 Å². The summed E-state index contributed by atoms with van der Waals surface area (Å²) in [6, 6.07) is 13.6. The van der Waals surface area contributed by atoms with Gasteiger partial charge in [0, 0.05) is 6.20 Å². The molecule has 21 heavy (non-hydrogen) atoms. The summed E-state index contributed by atoms with van der Waals surface area (Å²) in [4.78, 5) is 8.91. The number of alkyl halides is 1. The maximum absolute atomic E-state index is 9.22. The molecule has 5 heteroatoms. The lowest BCUT2D eigenvalue weighted by atomic mass is 10.2. The van der Waals surface area contributed by atoms with Crippen LogP contribution in [0.25, 0.3) is 11.0 Å². The molecule has 2 aromatic heterocycles. The van der Waals surface area contributed by atoms with Gasteiger partial charge in [0.25, 0.3) is 0 Å². The van der Waals surface area contributed by atoms with Crippen molar-refractivity contribution in [2.24, 2.45) is 0 Å². The molecule has 0 radical (unpaired) electrons. The van der Waals surface area contributed by atoms with Crippen LogP contribution < -0.4 is 0 Å². The standard InChI is InChI=1S/C16H13ClN4/c1-11(17)16-20-15-12(9-18)5-4-7-14(15)21(16)10-13-6-2-3-8-19-13/h2-8,11H,10H2,1H3. The van der Waals surface area contributed by atoms with Gasteiger partial charge in [0.1, 0.15) is 17.4 Å². The molecule has 0 aliphatic carbocycles. The van der Waals surface area contributed by atoms with E-state index in [0.717, 1.165) is 17.0 Å². The van der Waals surface area contributed by atoms with E-state index in [4.69, 9.17) is 11.6 Å². The van der Waals surface area contributed by atoms with Crippen LogP contribution in [-0.4, -0.2) is 14.5 Å². The van der Waals surface area contributed by atoms with Crippen LogP contribution in [-0.2, 0) is 6.54 Å². The number of fused-ring (bicyclic) bond motifs is 1. The van der Waals surface area contributed by atoms with Crippen molar-refractivity contribution < 1.29 is 0 Å². The largest absolute Gasteiger partial charge is 0.321 e. The molecule has 0 amide bonds. The number of benzene rings is 1. The topological polar surface area (TPSA) is 54.5 Å². The minimum atomic E-state index is -0.243. The van der Waals surface area contributed by atoms with E-state index in [-0.39, 0.29) is 5.38 Å². The van der Waals surface area contributed by atoms with Crippen molar-refractivity contribution in [1.29, 1.82) is 5.26 Å². The average Bonchev–Trinajstić information content (AvgIpc) is 2.87. The van der Waals surface area contributed by atoms with Crippen LogP contribution in [0.5, 0.6) is 0 Å². The Labute approximate surface area is 127 Å². The van der Waals surface area contributed by atoms with Gasteiger partial charge in [-0.15, -0.1) is 11.6 Å². The third-order valence-corrected chi connectivity index (χ3v) is 3.53. The zero-order valence-corrected chi connectivity index (χ0v) is 12.2. The Hall–Kier alpha value is -2.38. The van der Waals surface area contributed by atoms with Crippen molar-refractivity contribution in [3.63, 3.8) is 0 Å². The Morgan fingerprint density at radius 2 is 2.14 bits per heavy atom. The number of rotatable bonds is 3. The molecule has 0 aliphatic heterocycles. The van der Waals surface area contributed by atoms with Gasteiger partial charge in [-0.05, 0) is 31.2 Å². The number of nitriles is 1.